The average Bonchev–Trinajstić information content (AvgIpc) is 2.74. The zero-order valence-electron chi connectivity index (χ0n) is 13.6. The van der Waals surface area contributed by atoms with Crippen LogP contribution in [-0.2, 0) is 11.8 Å². The van der Waals surface area contributed by atoms with Gasteiger partial charge < -0.3 is 14.6 Å². The Morgan fingerprint density at radius 2 is 2.14 bits per heavy atom. The maximum absolute atomic E-state index is 13.4. The quantitative estimate of drug-likeness (QED) is 0.891. The Balaban J connectivity index is 2.25. The first-order valence-corrected chi connectivity index (χ1v) is 7.63. The van der Waals surface area contributed by atoms with Crippen LogP contribution in [0.5, 0.6) is 0 Å². The second kappa shape index (κ2) is 6.92. The Kier molecular flexibility index (Phi) is 5.19. The molecule has 4 nitrogen and oxygen atoms in total. The molecule has 1 aromatic carbocycles. The highest BCUT2D eigenvalue weighted by atomic mass is 19.1. The van der Waals surface area contributed by atoms with Crippen molar-refractivity contribution in [3.8, 4) is 0 Å². The number of amides is 1. The SMILES string of the molecule is CCO[C@@H](CC)CNC(=O)c1c(C)c2cc(F)ccc2n1C. The van der Waals surface area contributed by atoms with Gasteiger partial charge in [-0.05, 0) is 44.0 Å². The van der Waals surface area contributed by atoms with Crippen LogP contribution in [0.15, 0.2) is 18.2 Å². The molecule has 1 N–H and O–H groups in total. The molecule has 2 aromatic rings. The number of benzene rings is 1. The number of carbonyl (C=O) groups excluding carboxylic acids is 1. The number of aryl methyl sites for hydroxylation is 2. The van der Waals surface area contributed by atoms with Crippen LogP contribution < -0.4 is 5.32 Å². The monoisotopic (exact) mass is 306 g/mol. The molecule has 0 spiro atoms. The molecule has 1 heterocycles. The molecule has 0 fully saturated rings. The Labute approximate surface area is 130 Å². The standard InChI is InChI=1S/C17H23FN2O2/c1-5-13(22-6-2)10-19-17(21)16-11(3)14-9-12(18)7-8-15(14)20(16)4/h7-9,13H,5-6,10H2,1-4H3,(H,19,21)/t13-/m0/s1. The van der Waals surface area contributed by atoms with Crippen LogP contribution >= 0.6 is 0 Å². The van der Waals surface area contributed by atoms with Crippen molar-refractivity contribution >= 4 is 16.8 Å². The van der Waals surface area contributed by atoms with Gasteiger partial charge in [0, 0.05) is 31.1 Å². The van der Waals surface area contributed by atoms with Crippen molar-refractivity contribution in [2.75, 3.05) is 13.2 Å². The minimum absolute atomic E-state index is 0.0152. The summed E-state index contributed by atoms with van der Waals surface area (Å²) in [5.74, 6) is -0.453. The van der Waals surface area contributed by atoms with Gasteiger partial charge in [-0.1, -0.05) is 6.92 Å². The Hall–Kier alpha value is -1.88. The summed E-state index contributed by atoms with van der Waals surface area (Å²) in [6, 6.07) is 4.58. The van der Waals surface area contributed by atoms with Gasteiger partial charge >= 0.3 is 0 Å². The van der Waals surface area contributed by atoms with E-state index in [1.807, 2.05) is 27.8 Å². The molecule has 0 radical (unpaired) electrons. The summed E-state index contributed by atoms with van der Waals surface area (Å²) < 4.78 is 20.8. The van der Waals surface area contributed by atoms with E-state index in [9.17, 15) is 9.18 Å². The van der Waals surface area contributed by atoms with Crippen molar-refractivity contribution in [3.63, 3.8) is 0 Å². The molecule has 2 rings (SSSR count). The highest BCUT2D eigenvalue weighted by Crippen LogP contribution is 2.25. The molecule has 0 saturated heterocycles. The minimum Gasteiger partial charge on any atom is -0.377 e. The van der Waals surface area contributed by atoms with Gasteiger partial charge in [0.15, 0.2) is 0 Å². The predicted octanol–water partition coefficient (Wildman–Crippen LogP) is 3.17. The van der Waals surface area contributed by atoms with Gasteiger partial charge in [0.1, 0.15) is 11.5 Å². The number of rotatable bonds is 6. The van der Waals surface area contributed by atoms with Gasteiger partial charge in [-0.15, -0.1) is 0 Å². The molecule has 0 bridgehead atoms. The number of hydrogen-bond acceptors (Lipinski definition) is 2. The van der Waals surface area contributed by atoms with E-state index in [2.05, 4.69) is 5.32 Å². The van der Waals surface area contributed by atoms with E-state index in [1.165, 1.54) is 12.1 Å². The van der Waals surface area contributed by atoms with Crippen LogP contribution in [-0.4, -0.2) is 29.7 Å². The normalized spacial score (nSPS) is 12.6. The maximum atomic E-state index is 13.4. The predicted molar refractivity (Wildman–Crippen MR) is 85.7 cm³/mol. The van der Waals surface area contributed by atoms with E-state index in [0.29, 0.717) is 18.8 Å². The molecular formula is C17H23FN2O2. The number of aromatic nitrogens is 1. The third-order valence-electron chi connectivity index (χ3n) is 3.98. The largest absolute Gasteiger partial charge is 0.377 e. The molecule has 0 saturated carbocycles. The second-order valence-electron chi connectivity index (χ2n) is 5.39. The zero-order chi connectivity index (χ0) is 16.3. The van der Waals surface area contributed by atoms with E-state index in [4.69, 9.17) is 4.74 Å². The molecule has 0 aliphatic heterocycles. The Bertz CT molecular complexity index is 679. The smallest absolute Gasteiger partial charge is 0.268 e. The van der Waals surface area contributed by atoms with Crippen LogP contribution in [0.3, 0.4) is 0 Å². The van der Waals surface area contributed by atoms with Gasteiger partial charge in [0.05, 0.1) is 6.10 Å². The molecule has 0 aliphatic rings. The number of carbonyl (C=O) groups is 1. The molecule has 22 heavy (non-hydrogen) atoms. The van der Waals surface area contributed by atoms with Crippen LogP contribution in [0.4, 0.5) is 4.39 Å². The Morgan fingerprint density at radius 3 is 2.77 bits per heavy atom. The molecule has 5 heteroatoms. The maximum Gasteiger partial charge on any atom is 0.268 e. The summed E-state index contributed by atoms with van der Waals surface area (Å²) in [5.41, 5.74) is 2.20. The summed E-state index contributed by atoms with van der Waals surface area (Å²) in [6.07, 6.45) is 0.856. The van der Waals surface area contributed by atoms with Gasteiger partial charge in [-0.2, -0.15) is 0 Å². The van der Waals surface area contributed by atoms with Gasteiger partial charge in [0.25, 0.3) is 5.91 Å². The molecular weight excluding hydrogens is 283 g/mol. The molecule has 120 valence electrons. The number of hydrogen-bond donors (Lipinski definition) is 1. The van der Waals surface area contributed by atoms with Crippen LogP contribution in [0.1, 0.15) is 36.3 Å². The lowest BCUT2D eigenvalue weighted by Crippen LogP contribution is -2.34. The second-order valence-corrected chi connectivity index (χ2v) is 5.39. The van der Waals surface area contributed by atoms with Crippen molar-refractivity contribution in [2.45, 2.75) is 33.3 Å². The van der Waals surface area contributed by atoms with E-state index in [0.717, 1.165) is 22.9 Å². The average molecular weight is 306 g/mol. The van der Waals surface area contributed by atoms with Crippen molar-refractivity contribution < 1.29 is 13.9 Å². The number of ether oxygens (including phenoxy) is 1. The third kappa shape index (κ3) is 3.14. The lowest BCUT2D eigenvalue weighted by atomic mass is 10.1. The van der Waals surface area contributed by atoms with Gasteiger partial charge in [-0.3, -0.25) is 4.79 Å². The van der Waals surface area contributed by atoms with Crippen LogP contribution in [0.25, 0.3) is 10.9 Å². The lowest BCUT2D eigenvalue weighted by molar-refractivity contribution is 0.0567. The lowest BCUT2D eigenvalue weighted by Gasteiger charge is -2.16. The van der Waals surface area contributed by atoms with E-state index in [-0.39, 0.29) is 17.8 Å². The minimum atomic E-state index is -0.296. The molecule has 0 unspecified atom stereocenters. The van der Waals surface area contributed by atoms with Crippen LogP contribution in [0, 0.1) is 12.7 Å². The third-order valence-corrected chi connectivity index (χ3v) is 3.98. The van der Waals surface area contributed by atoms with Crippen molar-refractivity contribution in [3.05, 3.63) is 35.3 Å². The summed E-state index contributed by atoms with van der Waals surface area (Å²) in [7, 11) is 1.82. The first-order chi connectivity index (χ1) is 10.5. The fourth-order valence-electron chi connectivity index (χ4n) is 2.77. The summed E-state index contributed by atoms with van der Waals surface area (Å²) in [5, 5.41) is 3.68. The first-order valence-electron chi connectivity index (χ1n) is 7.63. The molecule has 0 aliphatic carbocycles. The van der Waals surface area contributed by atoms with Crippen molar-refractivity contribution in [2.24, 2.45) is 7.05 Å². The number of fused-ring (bicyclic) bond motifs is 1. The topological polar surface area (TPSA) is 43.3 Å². The number of halogens is 1. The van der Waals surface area contributed by atoms with Gasteiger partial charge in [-0.25, -0.2) is 4.39 Å². The summed E-state index contributed by atoms with van der Waals surface area (Å²) >= 11 is 0. The Morgan fingerprint density at radius 1 is 1.41 bits per heavy atom. The zero-order valence-corrected chi connectivity index (χ0v) is 13.6. The first kappa shape index (κ1) is 16.5. The number of nitrogens with one attached hydrogen (secondary N) is 1. The fourth-order valence-corrected chi connectivity index (χ4v) is 2.77. The highest BCUT2D eigenvalue weighted by Gasteiger charge is 2.19. The molecule has 1 atom stereocenters. The van der Waals surface area contributed by atoms with Crippen molar-refractivity contribution in [1.82, 2.24) is 9.88 Å². The fraction of sp³-hybridized carbons (Fsp3) is 0.471. The van der Waals surface area contributed by atoms with E-state index < -0.39 is 0 Å². The summed E-state index contributed by atoms with van der Waals surface area (Å²) in [6.45, 7) is 6.90. The van der Waals surface area contributed by atoms with E-state index >= 15 is 0 Å². The molecule has 1 amide bonds. The van der Waals surface area contributed by atoms with Crippen LogP contribution in [0.2, 0.25) is 0 Å². The van der Waals surface area contributed by atoms with Crippen molar-refractivity contribution in [1.29, 1.82) is 0 Å². The van der Waals surface area contributed by atoms with Gasteiger partial charge in [0.2, 0.25) is 0 Å². The molecule has 1 aromatic heterocycles. The highest BCUT2D eigenvalue weighted by molar-refractivity contribution is 6.01. The van der Waals surface area contributed by atoms with E-state index in [1.54, 1.807) is 10.6 Å². The summed E-state index contributed by atoms with van der Waals surface area (Å²) in [4.78, 5) is 12.5. The number of nitrogens with zero attached hydrogens (tertiary/aromatic N) is 1.